The van der Waals surface area contributed by atoms with Gasteiger partial charge in [-0.3, -0.25) is 5.41 Å². The molecule has 1 aromatic carbocycles. The molecule has 0 aromatic heterocycles. The first kappa shape index (κ1) is 15.8. The highest BCUT2D eigenvalue weighted by atomic mass is 16.7. The molecule has 2 rings (SSSR count). The summed E-state index contributed by atoms with van der Waals surface area (Å²) >= 11 is 0. The average molecular weight is 291 g/mol. The number of benzene rings is 1. The van der Waals surface area contributed by atoms with Crippen LogP contribution >= 0.6 is 0 Å². The zero-order valence-corrected chi connectivity index (χ0v) is 13.3. The number of amidine groups is 1. The smallest absolute Gasteiger partial charge is 0.281 e. The van der Waals surface area contributed by atoms with E-state index in [4.69, 9.17) is 14.9 Å². The SMILES string of the molecule is CCOC1(OCC)NC(=N)c2cccc(N(CC)CC)c21. The van der Waals surface area contributed by atoms with Crippen LogP contribution in [0.3, 0.4) is 0 Å². The zero-order chi connectivity index (χ0) is 15.5. The van der Waals surface area contributed by atoms with Crippen LogP contribution in [0.15, 0.2) is 18.2 Å². The molecule has 0 aliphatic carbocycles. The molecule has 0 saturated heterocycles. The van der Waals surface area contributed by atoms with Crippen LogP contribution in [0.1, 0.15) is 38.8 Å². The highest BCUT2D eigenvalue weighted by Gasteiger charge is 2.46. The normalized spacial score (nSPS) is 15.7. The molecule has 116 valence electrons. The molecular formula is C16H25N3O2. The second kappa shape index (κ2) is 6.45. The summed E-state index contributed by atoms with van der Waals surface area (Å²) in [5.41, 5.74) is 2.83. The summed E-state index contributed by atoms with van der Waals surface area (Å²) in [5, 5.41) is 11.3. The van der Waals surface area contributed by atoms with Gasteiger partial charge in [0, 0.05) is 37.6 Å². The van der Waals surface area contributed by atoms with Crippen molar-refractivity contribution in [3.63, 3.8) is 0 Å². The van der Waals surface area contributed by atoms with Crippen LogP contribution in [0, 0.1) is 5.41 Å². The number of hydrogen-bond donors (Lipinski definition) is 2. The van der Waals surface area contributed by atoms with Gasteiger partial charge in [0.1, 0.15) is 5.84 Å². The Morgan fingerprint density at radius 2 is 1.71 bits per heavy atom. The van der Waals surface area contributed by atoms with Gasteiger partial charge in [0.05, 0.1) is 5.56 Å². The predicted molar refractivity (Wildman–Crippen MR) is 84.9 cm³/mol. The summed E-state index contributed by atoms with van der Waals surface area (Å²) in [6.45, 7) is 10.9. The van der Waals surface area contributed by atoms with Crippen LogP contribution in [0.5, 0.6) is 0 Å². The Labute approximate surface area is 126 Å². The fraction of sp³-hybridized carbons (Fsp3) is 0.562. The van der Waals surface area contributed by atoms with E-state index in [0.29, 0.717) is 19.0 Å². The molecule has 1 aromatic rings. The summed E-state index contributed by atoms with van der Waals surface area (Å²) in [4.78, 5) is 2.26. The highest BCUT2D eigenvalue weighted by Crippen LogP contribution is 2.40. The lowest BCUT2D eigenvalue weighted by atomic mass is 10.0. The van der Waals surface area contributed by atoms with Crippen LogP contribution in [0.4, 0.5) is 5.69 Å². The topological polar surface area (TPSA) is 57.6 Å². The quantitative estimate of drug-likeness (QED) is 0.758. The number of anilines is 1. The lowest BCUT2D eigenvalue weighted by Gasteiger charge is -2.33. The molecule has 1 aliphatic heterocycles. The molecule has 0 unspecified atom stereocenters. The van der Waals surface area contributed by atoms with Crippen molar-refractivity contribution in [2.45, 2.75) is 33.6 Å². The second-order valence-electron chi connectivity index (χ2n) is 4.85. The van der Waals surface area contributed by atoms with E-state index in [1.54, 1.807) is 0 Å². The average Bonchev–Trinajstić information content (AvgIpc) is 2.75. The minimum absolute atomic E-state index is 0.348. The number of nitrogens with one attached hydrogen (secondary N) is 2. The van der Waals surface area contributed by atoms with Crippen LogP contribution in [-0.4, -0.2) is 32.1 Å². The molecule has 0 saturated carbocycles. The van der Waals surface area contributed by atoms with Crippen molar-refractivity contribution in [2.75, 3.05) is 31.2 Å². The lowest BCUT2D eigenvalue weighted by molar-refractivity contribution is -0.249. The van der Waals surface area contributed by atoms with Gasteiger partial charge in [0.15, 0.2) is 0 Å². The number of rotatable bonds is 7. The maximum atomic E-state index is 8.21. The second-order valence-corrected chi connectivity index (χ2v) is 4.85. The molecule has 5 heteroatoms. The summed E-state index contributed by atoms with van der Waals surface area (Å²) in [5.74, 6) is -0.698. The third kappa shape index (κ3) is 2.63. The summed E-state index contributed by atoms with van der Waals surface area (Å²) in [6.07, 6.45) is 0. The molecule has 1 aliphatic rings. The Morgan fingerprint density at radius 3 is 2.24 bits per heavy atom. The number of nitrogens with zero attached hydrogens (tertiary/aromatic N) is 1. The fourth-order valence-electron chi connectivity index (χ4n) is 2.88. The minimum atomic E-state index is -1.05. The van der Waals surface area contributed by atoms with Crippen LogP contribution < -0.4 is 10.2 Å². The van der Waals surface area contributed by atoms with E-state index >= 15 is 0 Å². The van der Waals surface area contributed by atoms with Gasteiger partial charge in [-0.1, -0.05) is 12.1 Å². The molecule has 2 N–H and O–H groups in total. The Kier molecular flexibility index (Phi) is 4.85. The maximum absolute atomic E-state index is 8.21. The molecule has 5 nitrogen and oxygen atoms in total. The van der Waals surface area contributed by atoms with E-state index in [1.165, 1.54) is 0 Å². The summed E-state index contributed by atoms with van der Waals surface area (Å²) < 4.78 is 11.8. The number of fused-ring (bicyclic) bond motifs is 1. The number of ether oxygens (including phenoxy) is 2. The minimum Gasteiger partial charge on any atom is -0.372 e. The van der Waals surface area contributed by atoms with Crippen molar-refractivity contribution in [2.24, 2.45) is 0 Å². The fourth-order valence-corrected chi connectivity index (χ4v) is 2.88. The largest absolute Gasteiger partial charge is 0.372 e. The first-order valence-electron chi connectivity index (χ1n) is 7.66. The third-order valence-corrected chi connectivity index (χ3v) is 3.73. The molecule has 0 radical (unpaired) electrons. The van der Waals surface area contributed by atoms with E-state index in [0.717, 1.165) is 29.9 Å². The Hall–Kier alpha value is -1.59. The molecule has 0 fully saturated rings. The van der Waals surface area contributed by atoms with Crippen molar-refractivity contribution in [3.05, 3.63) is 29.3 Å². The molecule has 0 amide bonds. The molecule has 1 heterocycles. The van der Waals surface area contributed by atoms with Crippen molar-refractivity contribution in [1.29, 1.82) is 5.41 Å². The van der Waals surface area contributed by atoms with Crippen molar-refractivity contribution < 1.29 is 9.47 Å². The molecule has 0 spiro atoms. The van der Waals surface area contributed by atoms with Gasteiger partial charge in [0.2, 0.25) is 0 Å². The van der Waals surface area contributed by atoms with Gasteiger partial charge < -0.3 is 19.7 Å². The van der Waals surface area contributed by atoms with Gasteiger partial charge >= 0.3 is 0 Å². The van der Waals surface area contributed by atoms with Crippen LogP contribution in [0.2, 0.25) is 0 Å². The van der Waals surface area contributed by atoms with E-state index < -0.39 is 5.91 Å². The lowest BCUT2D eigenvalue weighted by Crippen LogP contribution is -2.45. The predicted octanol–water partition coefficient (Wildman–Crippen LogP) is 2.64. The monoisotopic (exact) mass is 291 g/mol. The van der Waals surface area contributed by atoms with Gasteiger partial charge in [0.25, 0.3) is 5.91 Å². The first-order valence-corrected chi connectivity index (χ1v) is 7.66. The van der Waals surface area contributed by atoms with E-state index in [2.05, 4.69) is 30.1 Å². The summed E-state index contributed by atoms with van der Waals surface area (Å²) in [7, 11) is 0. The van der Waals surface area contributed by atoms with Gasteiger partial charge in [-0.05, 0) is 33.8 Å². The maximum Gasteiger partial charge on any atom is 0.281 e. The Bertz CT molecular complexity index is 506. The van der Waals surface area contributed by atoms with Crippen LogP contribution in [0.25, 0.3) is 0 Å². The van der Waals surface area contributed by atoms with Crippen molar-refractivity contribution in [3.8, 4) is 0 Å². The van der Waals surface area contributed by atoms with Gasteiger partial charge in [-0.2, -0.15) is 0 Å². The molecule has 21 heavy (non-hydrogen) atoms. The zero-order valence-electron chi connectivity index (χ0n) is 13.3. The van der Waals surface area contributed by atoms with E-state index in [9.17, 15) is 0 Å². The first-order chi connectivity index (χ1) is 10.1. The summed E-state index contributed by atoms with van der Waals surface area (Å²) in [6, 6.07) is 5.99. The van der Waals surface area contributed by atoms with Gasteiger partial charge in [-0.25, -0.2) is 0 Å². The van der Waals surface area contributed by atoms with Crippen molar-refractivity contribution >= 4 is 11.5 Å². The standard InChI is InChI=1S/C16H25N3O2/c1-5-19(6-2)13-11-9-10-12-14(13)16(20-7-3,21-8-4)18-15(12)17/h9-11H,5-8H2,1-4H3,(H2,17,18). The highest BCUT2D eigenvalue weighted by molar-refractivity contribution is 6.03. The van der Waals surface area contributed by atoms with Crippen LogP contribution in [-0.2, 0) is 15.4 Å². The van der Waals surface area contributed by atoms with Crippen molar-refractivity contribution in [1.82, 2.24) is 5.32 Å². The molecule has 0 bridgehead atoms. The Morgan fingerprint density at radius 1 is 1.10 bits per heavy atom. The Balaban J connectivity index is 2.61. The molecule has 0 atom stereocenters. The van der Waals surface area contributed by atoms with E-state index in [-0.39, 0.29) is 0 Å². The van der Waals surface area contributed by atoms with E-state index in [1.807, 2.05) is 26.0 Å². The van der Waals surface area contributed by atoms with Gasteiger partial charge in [-0.15, -0.1) is 0 Å². The molecular weight excluding hydrogens is 266 g/mol. The third-order valence-electron chi connectivity index (χ3n) is 3.73. The number of hydrogen-bond acceptors (Lipinski definition) is 4.